The van der Waals surface area contributed by atoms with Crippen LogP contribution in [0.25, 0.3) is 11.1 Å². The summed E-state index contributed by atoms with van der Waals surface area (Å²) >= 11 is 0. The van der Waals surface area contributed by atoms with E-state index in [1.165, 1.54) is 35.2 Å². The molecule has 1 amide bonds. The topological polar surface area (TPSA) is 84.2 Å². The third-order valence-electron chi connectivity index (χ3n) is 6.86. The Labute approximate surface area is 182 Å². The molecule has 2 fully saturated rings. The first kappa shape index (κ1) is 21.4. The maximum absolute atomic E-state index is 14.0. The first-order valence-corrected chi connectivity index (χ1v) is 10.5. The van der Waals surface area contributed by atoms with Crippen LogP contribution in [0.4, 0.5) is 13.2 Å². The first-order valence-electron chi connectivity index (χ1n) is 10.5. The summed E-state index contributed by atoms with van der Waals surface area (Å²) in [5, 5.41) is 30.9. The fourth-order valence-electron chi connectivity index (χ4n) is 5.05. The van der Waals surface area contributed by atoms with E-state index in [9.17, 15) is 33.3 Å². The molecule has 0 saturated carbocycles. The number of nitrogens with zero attached hydrogens (tertiary/aromatic N) is 2. The van der Waals surface area contributed by atoms with Gasteiger partial charge < -0.3 is 20.2 Å². The molecule has 2 saturated heterocycles. The molecule has 0 bridgehead atoms. The second kappa shape index (κ2) is 7.28. The van der Waals surface area contributed by atoms with Crippen molar-refractivity contribution in [1.29, 1.82) is 0 Å². The molecular formula is C23H23F3N2O4. The number of hydrogen-bond acceptors (Lipinski definition) is 5. The van der Waals surface area contributed by atoms with E-state index in [2.05, 4.69) is 0 Å². The van der Waals surface area contributed by atoms with Crippen LogP contribution in [0.5, 0.6) is 0 Å². The van der Waals surface area contributed by atoms with Gasteiger partial charge in [-0.25, -0.2) is 0 Å². The molecule has 32 heavy (non-hydrogen) atoms. The lowest BCUT2D eigenvalue weighted by Crippen LogP contribution is -2.58. The number of carbonyl (C=O) groups excluding carboxylic acids is 1. The zero-order chi connectivity index (χ0) is 22.8. The van der Waals surface area contributed by atoms with Gasteiger partial charge in [0.1, 0.15) is 6.23 Å². The molecule has 2 aromatic carbocycles. The van der Waals surface area contributed by atoms with Crippen LogP contribution >= 0.6 is 0 Å². The summed E-state index contributed by atoms with van der Waals surface area (Å²) in [5.74, 6) is -0.631. The molecule has 0 spiro atoms. The Hall–Kier alpha value is -2.46. The molecule has 3 aliphatic rings. The van der Waals surface area contributed by atoms with Crippen LogP contribution < -0.4 is 0 Å². The van der Waals surface area contributed by atoms with E-state index in [0.29, 0.717) is 25.1 Å². The molecule has 9 heteroatoms. The van der Waals surface area contributed by atoms with Crippen molar-refractivity contribution in [3.8, 4) is 11.1 Å². The highest BCUT2D eigenvalue weighted by atomic mass is 19.4. The minimum Gasteiger partial charge on any atom is -0.392 e. The van der Waals surface area contributed by atoms with Gasteiger partial charge >= 0.3 is 6.18 Å². The standard InChI is InChI=1S/C23H23F3N2O4/c24-23(25,26)22(32)18-4-2-1-3-16(18)17-6-5-13(9-19(17)22)20(30)28-10-14(11-28)21(31)27-8-7-15(29)12-27/h1-6,9,14-15,21,29,31-32H,7-8,10-12H2. The maximum atomic E-state index is 14.0. The predicted molar refractivity (Wildman–Crippen MR) is 109 cm³/mol. The van der Waals surface area contributed by atoms with Crippen LogP contribution in [0.1, 0.15) is 27.9 Å². The van der Waals surface area contributed by atoms with Crippen LogP contribution in [0.3, 0.4) is 0 Å². The molecule has 2 heterocycles. The maximum Gasteiger partial charge on any atom is 0.425 e. The van der Waals surface area contributed by atoms with Gasteiger partial charge in [0.05, 0.1) is 6.10 Å². The number of carbonyl (C=O) groups is 1. The highest BCUT2D eigenvalue weighted by molar-refractivity contribution is 5.96. The summed E-state index contributed by atoms with van der Waals surface area (Å²) in [5.41, 5.74) is -3.17. The molecule has 0 radical (unpaired) electrons. The molecule has 0 aromatic heterocycles. The van der Waals surface area contributed by atoms with Crippen molar-refractivity contribution in [3.63, 3.8) is 0 Å². The van der Waals surface area contributed by atoms with Gasteiger partial charge in [0, 0.05) is 48.8 Å². The van der Waals surface area contributed by atoms with E-state index in [1.54, 1.807) is 11.0 Å². The zero-order valence-corrected chi connectivity index (χ0v) is 17.1. The zero-order valence-electron chi connectivity index (χ0n) is 17.1. The Kier molecular flexibility index (Phi) is 4.86. The van der Waals surface area contributed by atoms with E-state index in [1.807, 2.05) is 0 Å². The van der Waals surface area contributed by atoms with Gasteiger partial charge in [0.25, 0.3) is 5.91 Å². The Bertz CT molecular complexity index is 1070. The predicted octanol–water partition coefficient (Wildman–Crippen LogP) is 1.92. The lowest BCUT2D eigenvalue weighted by molar-refractivity contribution is -0.246. The Morgan fingerprint density at radius 2 is 1.75 bits per heavy atom. The minimum atomic E-state index is -4.96. The van der Waals surface area contributed by atoms with Crippen molar-refractivity contribution in [3.05, 3.63) is 59.2 Å². The van der Waals surface area contributed by atoms with Gasteiger partial charge in [-0.1, -0.05) is 30.3 Å². The number of aliphatic hydroxyl groups is 3. The third-order valence-corrected chi connectivity index (χ3v) is 6.86. The Morgan fingerprint density at radius 3 is 2.41 bits per heavy atom. The van der Waals surface area contributed by atoms with Crippen LogP contribution in [-0.4, -0.2) is 75.7 Å². The molecule has 2 aliphatic heterocycles. The summed E-state index contributed by atoms with van der Waals surface area (Å²) in [6.45, 7) is 1.50. The fourth-order valence-corrected chi connectivity index (χ4v) is 5.05. The number of halogens is 3. The number of amides is 1. The van der Waals surface area contributed by atoms with Crippen molar-refractivity contribution in [1.82, 2.24) is 9.80 Å². The average Bonchev–Trinajstić information content (AvgIpc) is 3.27. The Morgan fingerprint density at radius 1 is 1.06 bits per heavy atom. The van der Waals surface area contributed by atoms with E-state index in [4.69, 9.17) is 0 Å². The molecule has 2 aromatic rings. The minimum absolute atomic E-state index is 0.0590. The number of fused-ring (bicyclic) bond motifs is 3. The highest BCUT2D eigenvalue weighted by Crippen LogP contribution is 2.55. The molecule has 5 rings (SSSR count). The van der Waals surface area contributed by atoms with Crippen LogP contribution in [0.2, 0.25) is 0 Å². The lowest BCUT2D eigenvalue weighted by Gasteiger charge is -2.44. The van der Waals surface area contributed by atoms with Crippen molar-refractivity contribution in [2.75, 3.05) is 26.2 Å². The third kappa shape index (κ3) is 3.07. The summed E-state index contributed by atoms with van der Waals surface area (Å²) < 4.78 is 42.0. The summed E-state index contributed by atoms with van der Waals surface area (Å²) in [6.07, 6.45) is -5.61. The molecule has 1 aliphatic carbocycles. The van der Waals surface area contributed by atoms with Gasteiger partial charge in [0.15, 0.2) is 0 Å². The van der Waals surface area contributed by atoms with E-state index in [-0.39, 0.29) is 41.3 Å². The van der Waals surface area contributed by atoms with E-state index >= 15 is 0 Å². The number of likely N-dealkylation sites (tertiary alicyclic amines) is 2. The van der Waals surface area contributed by atoms with E-state index in [0.717, 1.165) is 6.07 Å². The number of β-amino-alcohol motifs (C(OH)–C–C–N with tert-alkyl or cyclic N) is 1. The molecule has 3 unspecified atom stereocenters. The molecule has 170 valence electrons. The first-order chi connectivity index (χ1) is 15.1. The number of hydrogen-bond donors (Lipinski definition) is 3. The summed E-state index contributed by atoms with van der Waals surface area (Å²) in [4.78, 5) is 16.2. The number of rotatable bonds is 3. The van der Waals surface area contributed by atoms with Crippen molar-refractivity contribution in [2.45, 2.75) is 30.5 Å². The average molecular weight is 448 g/mol. The number of alkyl halides is 3. The van der Waals surface area contributed by atoms with Crippen molar-refractivity contribution >= 4 is 5.91 Å². The van der Waals surface area contributed by atoms with Crippen molar-refractivity contribution < 1.29 is 33.3 Å². The van der Waals surface area contributed by atoms with Crippen LogP contribution in [-0.2, 0) is 5.60 Å². The van der Waals surface area contributed by atoms with Gasteiger partial charge in [-0.15, -0.1) is 0 Å². The van der Waals surface area contributed by atoms with Gasteiger partial charge in [-0.2, -0.15) is 13.2 Å². The largest absolute Gasteiger partial charge is 0.425 e. The van der Waals surface area contributed by atoms with Crippen LogP contribution in [0.15, 0.2) is 42.5 Å². The number of benzene rings is 2. The molecule has 6 nitrogen and oxygen atoms in total. The van der Waals surface area contributed by atoms with Gasteiger partial charge in [-0.05, 0) is 29.7 Å². The normalized spacial score (nSPS) is 26.6. The second-order valence-corrected chi connectivity index (χ2v) is 8.84. The van der Waals surface area contributed by atoms with Gasteiger partial charge in [0.2, 0.25) is 5.60 Å². The smallest absolute Gasteiger partial charge is 0.392 e. The van der Waals surface area contributed by atoms with E-state index < -0.39 is 30.0 Å². The summed E-state index contributed by atoms with van der Waals surface area (Å²) in [6, 6.07) is 9.87. The van der Waals surface area contributed by atoms with Crippen molar-refractivity contribution in [2.24, 2.45) is 5.92 Å². The summed E-state index contributed by atoms with van der Waals surface area (Å²) in [7, 11) is 0. The monoisotopic (exact) mass is 448 g/mol. The second-order valence-electron chi connectivity index (χ2n) is 8.84. The van der Waals surface area contributed by atoms with Crippen LogP contribution in [0, 0.1) is 5.92 Å². The molecular weight excluding hydrogens is 425 g/mol. The lowest BCUT2D eigenvalue weighted by atomic mass is 9.89. The molecule has 3 atom stereocenters. The Balaban J connectivity index is 1.38. The highest BCUT2D eigenvalue weighted by Gasteiger charge is 2.60. The van der Waals surface area contributed by atoms with Gasteiger partial charge in [-0.3, -0.25) is 9.69 Å². The number of aliphatic hydroxyl groups excluding tert-OH is 2. The quantitative estimate of drug-likeness (QED) is 0.668. The molecule has 3 N–H and O–H groups in total. The SMILES string of the molecule is O=C(c1ccc2c(c1)C(O)(C(F)(F)F)c1ccccc1-2)N1CC(C(O)N2CCC(O)C2)C1. The fraction of sp³-hybridized carbons (Fsp3) is 0.435.